The Morgan fingerprint density at radius 1 is 0.449 bits per heavy atom. The van der Waals surface area contributed by atoms with Crippen molar-refractivity contribution in [3.63, 3.8) is 0 Å². The third kappa shape index (κ3) is 5.55. The fourth-order valence-electron chi connectivity index (χ4n) is 7.39. The van der Waals surface area contributed by atoms with E-state index in [1.54, 1.807) is 0 Å². The quantitative estimate of drug-likeness (QED) is 0.186. The van der Waals surface area contributed by atoms with Crippen LogP contribution in [0.1, 0.15) is 41.3 Å². The second kappa shape index (κ2) is 12.6. The number of nitrogens with one attached hydrogen (secondary N) is 2. The zero-order valence-corrected chi connectivity index (χ0v) is 27.2. The number of benzene rings is 7. The van der Waals surface area contributed by atoms with Gasteiger partial charge in [0.1, 0.15) is 11.7 Å². The molecule has 49 heavy (non-hydrogen) atoms. The van der Waals surface area contributed by atoms with Gasteiger partial charge in [-0.1, -0.05) is 133 Å². The lowest BCUT2D eigenvalue weighted by Crippen LogP contribution is -2.35. The fraction of sp³-hybridized carbons (Fsp3) is 0.111. The third-order valence-corrected chi connectivity index (χ3v) is 9.84. The molecule has 7 aromatic carbocycles. The summed E-state index contributed by atoms with van der Waals surface area (Å²) in [6, 6.07) is 54.0. The van der Waals surface area contributed by atoms with Crippen LogP contribution in [-0.4, -0.2) is 18.2 Å². The summed E-state index contributed by atoms with van der Waals surface area (Å²) in [6.07, 6.45) is 3.15. The van der Waals surface area contributed by atoms with Crippen LogP contribution < -0.4 is 10.6 Å². The van der Waals surface area contributed by atoms with Gasteiger partial charge >= 0.3 is 0 Å². The summed E-state index contributed by atoms with van der Waals surface area (Å²) in [5.74, 6) is 1.65. The summed E-state index contributed by atoms with van der Waals surface area (Å²) in [5.41, 5.74) is 10.6. The van der Waals surface area contributed by atoms with Gasteiger partial charge in [0, 0.05) is 28.7 Å². The van der Waals surface area contributed by atoms with E-state index in [0.29, 0.717) is 0 Å². The molecular formula is C45H36N4. The van der Waals surface area contributed by atoms with Crippen LogP contribution >= 0.6 is 0 Å². The van der Waals surface area contributed by atoms with E-state index in [1.807, 2.05) is 36.4 Å². The van der Waals surface area contributed by atoms with Crippen molar-refractivity contribution in [2.75, 3.05) is 11.9 Å². The monoisotopic (exact) mass is 632 g/mol. The molecule has 2 aliphatic heterocycles. The summed E-state index contributed by atoms with van der Waals surface area (Å²) < 4.78 is 0. The average molecular weight is 633 g/mol. The zero-order valence-electron chi connectivity index (χ0n) is 27.2. The Balaban J connectivity index is 1.10. The van der Waals surface area contributed by atoms with E-state index in [0.717, 1.165) is 46.9 Å². The maximum Gasteiger partial charge on any atom is 0.169 e. The minimum absolute atomic E-state index is 0.368. The topological polar surface area (TPSA) is 48.8 Å². The maximum absolute atomic E-state index is 5.10. The number of hydrogen-bond acceptors (Lipinski definition) is 4. The van der Waals surface area contributed by atoms with E-state index < -0.39 is 0 Å². The van der Waals surface area contributed by atoms with Crippen LogP contribution in [0.2, 0.25) is 0 Å². The summed E-state index contributed by atoms with van der Waals surface area (Å²) in [5, 5.41) is 12.6. The second-order valence-corrected chi connectivity index (χ2v) is 12.9. The summed E-state index contributed by atoms with van der Waals surface area (Å²) in [6.45, 7) is 1.02. The lowest BCUT2D eigenvalue weighted by atomic mass is 9.90. The van der Waals surface area contributed by atoms with Crippen molar-refractivity contribution in [3.8, 4) is 22.3 Å². The number of rotatable bonds is 5. The van der Waals surface area contributed by atoms with Crippen LogP contribution in [0.3, 0.4) is 0 Å². The van der Waals surface area contributed by atoms with E-state index in [2.05, 4.69) is 126 Å². The van der Waals surface area contributed by atoms with Gasteiger partial charge in [-0.3, -0.25) is 0 Å². The van der Waals surface area contributed by atoms with Gasteiger partial charge < -0.3 is 10.6 Å². The summed E-state index contributed by atoms with van der Waals surface area (Å²) in [4.78, 5) is 10.2. The molecule has 2 aliphatic rings. The molecule has 4 heteroatoms. The molecule has 0 fully saturated rings. The molecule has 0 radical (unpaired) electrons. The molecule has 4 nitrogen and oxygen atoms in total. The molecule has 0 aliphatic carbocycles. The van der Waals surface area contributed by atoms with Crippen molar-refractivity contribution >= 4 is 38.9 Å². The van der Waals surface area contributed by atoms with E-state index >= 15 is 0 Å². The molecule has 2 heterocycles. The van der Waals surface area contributed by atoms with Gasteiger partial charge in [-0.15, -0.1) is 0 Å². The minimum atomic E-state index is -0.368. The van der Waals surface area contributed by atoms with E-state index in [9.17, 15) is 0 Å². The highest BCUT2D eigenvalue weighted by Gasteiger charge is 2.21. The van der Waals surface area contributed by atoms with Crippen molar-refractivity contribution in [1.82, 2.24) is 5.32 Å². The molecule has 2 N–H and O–H groups in total. The van der Waals surface area contributed by atoms with Crippen molar-refractivity contribution in [3.05, 3.63) is 174 Å². The van der Waals surface area contributed by atoms with Gasteiger partial charge in [-0.2, -0.15) is 0 Å². The Morgan fingerprint density at radius 2 is 1.02 bits per heavy atom. The van der Waals surface area contributed by atoms with Crippen molar-refractivity contribution in [2.24, 2.45) is 9.98 Å². The zero-order chi connectivity index (χ0) is 32.6. The predicted molar refractivity (Wildman–Crippen MR) is 206 cm³/mol. The molecule has 0 unspecified atom stereocenters. The molecule has 0 atom stereocenters. The Kier molecular flexibility index (Phi) is 7.47. The lowest BCUT2D eigenvalue weighted by Gasteiger charge is -2.22. The molecule has 0 amide bonds. The molecule has 0 spiro atoms. The summed E-state index contributed by atoms with van der Waals surface area (Å²) >= 11 is 0. The molecule has 0 saturated carbocycles. The van der Waals surface area contributed by atoms with Crippen LogP contribution in [0.4, 0.5) is 5.69 Å². The van der Waals surface area contributed by atoms with Crippen molar-refractivity contribution in [1.29, 1.82) is 0 Å². The number of anilines is 1. The minimum Gasteiger partial charge on any atom is -0.384 e. The average Bonchev–Trinajstić information content (AvgIpc) is 3.45. The largest absolute Gasteiger partial charge is 0.384 e. The SMILES string of the molecule is c1ccc(C2=NC(c3cccc(-c4cccc(-c5ccc6c(c5)c5c(c7ccccc76)CCCCN5)c4)c3)N=C(c3ccccc3)N2)cc1. The fourth-order valence-corrected chi connectivity index (χ4v) is 7.39. The lowest BCUT2D eigenvalue weighted by molar-refractivity contribution is 0.756. The van der Waals surface area contributed by atoms with Gasteiger partial charge in [0.2, 0.25) is 0 Å². The molecule has 0 bridgehead atoms. The number of aliphatic imine (C=N–C) groups is 2. The highest BCUT2D eigenvalue weighted by atomic mass is 15.2. The van der Waals surface area contributed by atoms with E-state index in [1.165, 1.54) is 62.3 Å². The Labute approximate surface area is 286 Å². The highest BCUT2D eigenvalue weighted by Crippen LogP contribution is 2.41. The maximum atomic E-state index is 5.10. The van der Waals surface area contributed by atoms with Gasteiger partial charge in [0.05, 0.1) is 0 Å². The van der Waals surface area contributed by atoms with Crippen LogP contribution in [0, 0.1) is 0 Å². The number of fused-ring (bicyclic) bond motifs is 6. The van der Waals surface area contributed by atoms with Crippen LogP contribution in [0.25, 0.3) is 43.8 Å². The first-order valence-corrected chi connectivity index (χ1v) is 17.2. The molecular weight excluding hydrogens is 597 g/mol. The van der Waals surface area contributed by atoms with E-state index in [4.69, 9.17) is 9.98 Å². The van der Waals surface area contributed by atoms with Gasteiger partial charge in [-0.25, -0.2) is 9.98 Å². The van der Waals surface area contributed by atoms with Crippen LogP contribution in [-0.2, 0) is 6.42 Å². The molecule has 0 saturated heterocycles. The standard InChI is InChI=1S/C45H36N4/c1-3-13-30(14-4-1)43-47-44(31-15-5-2-6-16-31)49-45(48-43)36-20-12-19-34(28-36)32-17-11-18-33(27-32)35-24-25-39-37-21-7-8-22-38(37)40-23-9-10-26-46-42(40)41(39)29-35/h1-8,11-22,24-25,27-29,45-46H,9-10,23,26H2,(H,47,48,49). The van der Waals surface area contributed by atoms with E-state index in [-0.39, 0.29) is 6.17 Å². The Hall–Kier alpha value is -6.00. The number of nitrogens with zero attached hydrogens (tertiary/aromatic N) is 2. The van der Waals surface area contributed by atoms with Gasteiger partial charge in [-0.05, 0) is 87.0 Å². The van der Waals surface area contributed by atoms with Crippen molar-refractivity contribution < 1.29 is 0 Å². The Morgan fingerprint density at radius 3 is 1.73 bits per heavy atom. The first-order valence-electron chi connectivity index (χ1n) is 17.2. The number of hydrogen-bond donors (Lipinski definition) is 2. The predicted octanol–water partition coefficient (Wildman–Crippen LogP) is 10.6. The molecule has 236 valence electrons. The molecule has 0 aromatic heterocycles. The summed E-state index contributed by atoms with van der Waals surface area (Å²) in [7, 11) is 0. The first-order chi connectivity index (χ1) is 24.3. The second-order valence-electron chi connectivity index (χ2n) is 12.9. The van der Waals surface area contributed by atoms with Gasteiger partial charge in [0.25, 0.3) is 0 Å². The first kappa shape index (κ1) is 29.2. The molecule has 9 rings (SSSR count). The van der Waals surface area contributed by atoms with Gasteiger partial charge in [0.15, 0.2) is 6.17 Å². The highest BCUT2D eigenvalue weighted by molar-refractivity contribution is 6.17. The van der Waals surface area contributed by atoms with Crippen LogP contribution in [0.15, 0.2) is 162 Å². The molecule has 7 aromatic rings. The van der Waals surface area contributed by atoms with Crippen LogP contribution in [0.5, 0.6) is 0 Å². The third-order valence-electron chi connectivity index (χ3n) is 9.84. The smallest absolute Gasteiger partial charge is 0.169 e. The number of aryl methyl sites for hydroxylation is 1. The van der Waals surface area contributed by atoms with Crippen molar-refractivity contribution in [2.45, 2.75) is 25.4 Å². The normalized spacial score (nSPS) is 14.7. The number of amidine groups is 2. The Bertz CT molecular complexity index is 2340.